The van der Waals surface area contributed by atoms with Crippen LogP contribution in [0.15, 0.2) is 5.38 Å². The fourth-order valence-corrected chi connectivity index (χ4v) is 4.14. The van der Waals surface area contributed by atoms with Crippen LogP contribution in [0.4, 0.5) is 5.13 Å². The Bertz CT molecular complexity index is 581. The molecule has 7 heteroatoms. The van der Waals surface area contributed by atoms with E-state index < -0.39 is 0 Å². The minimum Gasteiger partial charge on any atom is -0.345 e. The molecule has 0 unspecified atom stereocenters. The van der Waals surface area contributed by atoms with Crippen molar-refractivity contribution >= 4 is 28.3 Å². The number of carbonyl (C=O) groups is 2. The van der Waals surface area contributed by atoms with Crippen LogP contribution in [0.25, 0.3) is 0 Å². The van der Waals surface area contributed by atoms with Gasteiger partial charge in [-0.05, 0) is 19.8 Å². The number of rotatable bonds is 3. The molecular weight excluding hydrogens is 324 g/mol. The van der Waals surface area contributed by atoms with E-state index in [9.17, 15) is 9.59 Å². The van der Waals surface area contributed by atoms with Crippen LogP contribution < -0.4 is 4.90 Å². The summed E-state index contributed by atoms with van der Waals surface area (Å²) in [5.41, 5.74) is 1.05. The number of aryl methyl sites for hydroxylation is 1. The highest BCUT2D eigenvalue weighted by Gasteiger charge is 2.25. The average molecular weight is 350 g/mol. The largest absolute Gasteiger partial charge is 0.345 e. The molecule has 3 heterocycles. The van der Waals surface area contributed by atoms with Crippen LogP contribution in [-0.4, -0.2) is 65.9 Å². The van der Waals surface area contributed by atoms with Gasteiger partial charge in [0.05, 0.1) is 12.2 Å². The van der Waals surface area contributed by atoms with Crippen molar-refractivity contribution in [1.82, 2.24) is 14.8 Å². The quantitative estimate of drug-likeness (QED) is 0.835. The summed E-state index contributed by atoms with van der Waals surface area (Å²) in [4.78, 5) is 35.1. The Morgan fingerprint density at radius 3 is 2.58 bits per heavy atom. The normalized spacial score (nSPS) is 20.0. The Kier molecular flexibility index (Phi) is 5.71. The van der Waals surface area contributed by atoms with Crippen LogP contribution >= 0.6 is 11.3 Å². The van der Waals surface area contributed by atoms with Gasteiger partial charge >= 0.3 is 0 Å². The van der Waals surface area contributed by atoms with E-state index in [1.54, 1.807) is 16.2 Å². The summed E-state index contributed by atoms with van der Waals surface area (Å²) in [5, 5.41) is 3.10. The first-order valence-electron chi connectivity index (χ1n) is 8.86. The highest BCUT2D eigenvalue weighted by Crippen LogP contribution is 2.21. The van der Waals surface area contributed by atoms with Gasteiger partial charge in [0.15, 0.2) is 5.13 Å². The summed E-state index contributed by atoms with van der Waals surface area (Å²) < 4.78 is 0. The Morgan fingerprint density at radius 2 is 1.88 bits per heavy atom. The monoisotopic (exact) mass is 350 g/mol. The maximum atomic E-state index is 12.6. The van der Waals surface area contributed by atoms with Gasteiger partial charge in [-0.15, -0.1) is 11.3 Å². The number of anilines is 1. The first kappa shape index (κ1) is 17.2. The predicted molar refractivity (Wildman–Crippen MR) is 95.3 cm³/mol. The number of thiazole rings is 1. The fourth-order valence-electron chi connectivity index (χ4n) is 3.28. The SMILES string of the molecule is Cc1csc(N2CCN(C(=O)CN3CCCCCCC3=O)CC2)n1. The van der Waals surface area contributed by atoms with E-state index in [0.717, 1.165) is 56.1 Å². The lowest BCUT2D eigenvalue weighted by atomic mass is 10.1. The molecule has 1 aromatic rings. The number of aromatic nitrogens is 1. The number of hydrogen-bond acceptors (Lipinski definition) is 5. The van der Waals surface area contributed by atoms with Crippen molar-refractivity contribution in [2.24, 2.45) is 0 Å². The molecule has 0 aromatic carbocycles. The van der Waals surface area contributed by atoms with Gasteiger partial charge < -0.3 is 14.7 Å². The molecule has 0 bridgehead atoms. The maximum Gasteiger partial charge on any atom is 0.242 e. The topological polar surface area (TPSA) is 56.8 Å². The van der Waals surface area contributed by atoms with Crippen molar-refractivity contribution in [1.29, 1.82) is 0 Å². The van der Waals surface area contributed by atoms with E-state index in [2.05, 4.69) is 15.3 Å². The van der Waals surface area contributed by atoms with Crippen LogP contribution in [-0.2, 0) is 9.59 Å². The summed E-state index contributed by atoms with van der Waals surface area (Å²) in [6.45, 7) is 6.01. The molecule has 2 aliphatic rings. The van der Waals surface area contributed by atoms with E-state index >= 15 is 0 Å². The van der Waals surface area contributed by atoms with E-state index in [0.29, 0.717) is 19.5 Å². The van der Waals surface area contributed by atoms with Gasteiger partial charge in [0.1, 0.15) is 0 Å². The predicted octanol–water partition coefficient (Wildman–Crippen LogP) is 1.89. The standard InChI is InChI=1S/C17H26N4O2S/c1-14-13-24-17(18-14)20-10-8-19(9-11-20)16(23)12-21-7-5-3-2-4-6-15(21)22/h13H,2-12H2,1H3. The molecule has 3 rings (SSSR count). The second-order valence-corrected chi connectivity index (χ2v) is 7.46. The smallest absolute Gasteiger partial charge is 0.242 e. The summed E-state index contributed by atoms with van der Waals surface area (Å²) in [6, 6.07) is 0. The third-order valence-electron chi connectivity index (χ3n) is 4.76. The molecule has 0 spiro atoms. The minimum absolute atomic E-state index is 0.0823. The lowest BCUT2D eigenvalue weighted by molar-refractivity contribution is -0.141. The zero-order valence-corrected chi connectivity index (χ0v) is 15.2. The minimum atomic E-state index is 0.0823. The van der Waals surface area contributed by atoms with Crippen LogP contribution in [0.5, 0.6) is 0 Å². The number of amides is 2. The van der Waals surface area contributed by atoms with Crippen molar-refractivity contribution in [2.45, 2.75) is 39.0 Å². The summed E-state index contributed by atoms with van der Waals surface area (Å²) in [6.07, 6.45) is 4.84. The highest BCUT2D eigenvalue weighted by atomic mass is 32.1. The van der Waals surface area contributed by atoms with Crippen LogP contribution in [0, 0.1) is 6.92 Å². The van der Waals surface area contributed by atoms with Gasteiger partial charge in [-0.25, -0.2) is 4.98 Å². The zero-order valence-electron chi connectivity index (χ0n) is 14.4. The number of piperazine rings is 1. The van der Waals surface area contributed by atoms with Gasteiger partial charge in [0.2, 0.25) is 11.8 Å². The number of nitrogens with zero attached hydrogens (tertiary/aromatic N) is 4. The van der Waals surface area contributed by atoms with Gasteiger partial charge in [-0.1, -0.05) is 12.8 Å². The lowest BCUT2D eigenvalue weighted by Gasteiger charge is -2.36. The van der Waals surface area contributed by atoms with E-state index in [4.69, 9.17) is 0 Å². The second kappa shape index (κ2) is 7.96. The molecule has 1 aromatic heterocycles. The van der Waals surface area contributed by atoms with Crippen LogP contribution in [0.1, 0.15) is 37.8 Å². The number of carbonyl (C=O) groups excluding carboxylic acids is 2. The van der Waals surface area contributed by atoms with Crippen molar-refractivity contribution in [2.75, 3.05) is 44.2 Å². The first-order chi connectivity index (χ1) is 11.6. The molecule has 0 saturated carbocycles. The molecule has 2 aliphatic heterocycles. The molecule has 0 aliphatic carbocycles. The first-order valence-corrected chi connectivity index (χ1v) is 9.74. The molecule has 24 heavy (non-hydrogen) atoms. The molecule has 0 radical (unpaired) electrons. The van der Waals surface area contributed by atoms with Gasteiger partial charge in [0, 0.05) is 44.5 Å². The zero-order chi connectivity index (χ0) is 16.9. The number of hydrogen-bond donors (Lipinski definition) is 0. The average Bonchev–Trinajstić information content (AvgIpc) is 3.01. The number of likely N-dealkylation sites (tertiary alicyclic amines) is 1. The second-order valence-electron chi connectivity index (χ2n) is 6.62. The van der Waals surface area contributed by atoms with Crippen molar-refractivity contribution in [3.63, 3.8) is 0 Å². The molecule has 0 atom stereocenters. The highest BCUT2D eigenvalue weighted by molar-refractivity contribution is 7.13. The van der Waals surface area contributed by atoms with Crippen molar-refractivity contribution in [3.8, 4) is 0 Å². The summed E-state index contributed by atoms with van der Waals surface area (Å²) >= 11 is 1.66. The summed E-state index contributed by atoms with van der Waals surface area (Å²) in [7, 11) is 0. The third-order valence-corrected chi connectivity index (χ3v) is 5.78. The molecule has 0 N–H and O–H groups in total. The van der Waals surface area contributed by atoms with E-state index in [-0.39, 0.29) is 18.4 Å². The summed E-state index contributed by atoms with van der Waals surface area (Å²) in [5.74, 6) is 0.221. The Balaban J connectivity index is 1.50. The third kappa shape index (κ3) is 4.26. The molecular formula is C17H26N4O2S. The van der Waals surface area contributed by atoms with E-state index in [1.165, 1.54) is 0 Å². The Labute approximate surface area is 147 Å². The molecule has 2 fully saturated rings. The fraction of sp³-hybridized carbons (Fsp3) is 0.706. The van der Waals surface area contributed by atoms with Crippen LogP contribution in [0.2, 0.25) is 0 Å². The maximum absolute atomic E-state index is 12.6. The van der Waals surface area contributed by atoms with E-state index in [1.807, 2.05) is 11.8 Å². The lowest BCUT2D eigenvalue weighted by Crippen LogP contribution is -2.52. The molecule has 132 valence electrons. The van der Waals surface area contributed by atoms with Gasteiger partial charge in [-0.3, -0.25) is 9.59 Å². The van der Waals surface area contributed by atoms with Gasteiger partial charge in [0.25, 0.3) is 0 Å². The molecule has 2 saturated heterocycles. The van der Waals surface area contributed by atoms with Crippen molar-refractivity contribution < 1.29 is 9.59 Å². The molecule has 6 nitrogen and oxygen atoms in total. The Morgan fingerprint density at radius 1 is 1.12 bits per heavy atom. The molecule has 2 amide bonds. The van der Waals surface area contributed by atoms with Crippen molar-refractivity contribution in [3.05, 3.63) is 11.1 Å². The van der Waals surface area contributed by atoms with Crippen LogP contribution in [0.3, 0.4) is 0 Å². The van der Waals surface area contributed by atoms with Gasteiger partial charge in [-0.2, -0.15) is 0 Å². The Hall–Kier alpha value is -1.63.